The number of rotatable bonds is 2. The Morgan fingerprint density at radius 1 is 1.70 bits per heavy atom. The maximum absolute atomic E-state index is 5.38. The third kappa shape index (κ3) is 1.13. The zero-order valence-electron chi connectivity index (χ0n) is 6.48. The maximum atomic E-state index is 5.38. The highest BCUT2D eigenvalue weighted by atomic mass is 16.3. The molecule has 0 radical (unpaired) electrons. The van der Waals surface area contributed by atoms with E-state index in [0.717, 1.165) is 23.5 Å². The SMILES string of the molecule is C=Cc1cc(C)oc1CC. The van der Waals surface area contributed by atoms with Crippen molar-refractivity contribution in [3.05, 3.63) is 29.7 Å². The molecule has 0 fully saturated rings. The van der Waals surface area contributed by atoms with Crippen LogP contribution in [0.25, 0.3) is 6.08 Å². The first-order chi connectivity index (χ1) is 4.77. The molecule has 10 heavy (non-hydrogen) atoms. The molecule has 0 aliphatic heterocycles. The van der Waals surface area contributed by atoms with Crippen molar-refractivity contribution in [1.29, 1.82) is 0 Å². The Hall–Kier alpha value is -0.980. The molecule has 1 heteroatoms. The third-order valence-electron chi connectivity index (χ3n) is 1.51. The van der Waals surface area contributed by atoms with Crippen LogP contribution in [-0.2, 0) is 6.42 Å². The van der Waals surface area contributed by atoms with Gasteiger partial charge in [0.1, 0.15) is 11.5 Å². The molecule has 0 saturated heterocycles. The fourth-order valence-corrected chi connectivity index (χ4v) is 1.03. The van der Waals surface area contributed by atoms with Crippen LogP contribution in [0.1, 0.15) is 24.0 Å². The second kappa shape index (κ2) is 2.74. The Labute approximate surface area is 61.4 Å². The van der Waals surface area contributed by atoms with E-state index >= 15 is 0 Å². The zero-order chi connectivity index (χ0) is 7.56. The van der Waals surface area contributed by atoms with Gasteiger partial charge in [0.2, 0.25) is 0 Å². The van der Waals surface area contributed by atoms with Crippen LogP contribution in [-0.4, -0.2) is 0 Å². The molecule has 0 atom stereocenters. The van der Waals surface area contributed by atoms with E-state index < -0.39 is 0 Å². The minimum Gasteiger partial charge on any atom is -0.466 e. The summed E-state index contributed by atoms with van der Waals surface area (Å²) in [6.45, 7) is 7.72. The Morgan fingerprint density at radius 2 is 2.40 bits per heavy atom. The summed E-state index contributed by atoms with van der Waals surface area (Å²) in [6, 6.07) is 2.01. The summed E-state index contributed by atoms with van der Waals surface area (Å²) in [6.07, 6.45) is 2.77. The molecule has 0 aliphatic carbocycles. The summed E-state index contributed by atoms with van der Waals surface area (Å²) in [5.41, 5.74) is 1.12. The summed E-state index contributed by atoms with van der Waals surface area (Å²) < 4.78 is 5.38. The fraction of sp³-hybridized carbons (Fsp3) is 0.333. The van der Waals surface area contributed by atoms with Gasteiger partial charge in [-0.05, 0) is 13.0 Å². The zero-order valence-corrected chi connectivity index (χ0v) is 6.48. The Morgan fingerprint density at radius 3 is 2.80 bits per heavy atom. The molecule has 0 N–H and O–H groups in total. The first kappa shape index (κ1) is 7.13. The lowest BCUT2D eigenvalue weighted by Crippen LogP contribution is -1.75. The predicted molar refractivity (Wildman–Crippen MR) is 42.9 cm³/mol. The van der Waals surface area contributed by atoms with E-state index in [1.54, 1.807) is 0 Å². The highest BCUT2D eigenvalue weighted by Gasteiger charge is 2.01. The van der Waals surface area contributed by atoms with Crippen molar-refractivity contribution in [2.75, 3.05) is 0 Å². The van der Waals surface area contributed by atoms with E-state index in [2.05, 4.69) is 13.5 Å². The predicted octanol–water partition coefficient (Wildman–Crippen LogP) is 2.79. The first-order valence-corrected chi connectivity index (χ1v) is 3.49. The third-order valence-corrected chi connectivity index (χ3v) is 1.51. The normalized spacial score (nSPS) is 9.80. The van der Waals surface area contributed by atoms with Crippen LogP contribution in [0.15, 0.2) is 17.1 Å². The van der Waals surface area contributed by atoms with Gasteiger partial charge in [-0.15, -0.1) is 0 Å². The fourth-order valence-electron chi connectivity index (χ4n) is 1.03. The molecule has 1 rings (SSSR count). The van der Waals surface area contributed by atoms with E-state index in [1.807, 2.05) is 19.1 Å². The largest absolute Gasteiger partial charge is 0.466 e. The quantitative estimate of drug-likeness (QED) is 0.609. The topological polar surface area (TPSA) is 13.1 Å². The van der Waals surface area contributed by atoms with Gasteiger partial charge < -0.3 is 4.42 Å². The summed E-state index contributed by atoms with van der Waals surface area (Å²) in [4.78, 5) is 0. The summed E-state index contributed by atoms with van der Waals surface area (Å²) >= 11 is 0. The van der Waals surface area contributed by atoms with Gasteiger partial charge in [-0.25, -0.2) is 0 Å². The average molecular weight is 136 g/mol. The van der Waals surface area contributed by atoms with Crippen molar-refractivity contribution in [3.63, 3.8) is 0 Å². The van der Waals surface area contributed by atoms with Crippen LogP contribution in [0.5, 0.6) is 0 Å². The van der Waals surface area contributed by atoms with E-state index in [-0.39, 0.29) is 0 Å². The van der Waals surface area contributed by atoms with Gasteiger partial charge in [-0.3, -0.25) is 0 Å². The van der Waals surface area contributed by atoms with Crippen molar-refractivity contribution >= 4 is 6.08 Å². The molecule has 1 aromatic heterocycles. The van der Waals surface area contributed by atoms with Crippen molar-refractivity contribution in [3.8, 4) is 0 Å². The van der Waals surface area contributed by atoms with Crippen molar-refractivity contribution < 1.29 is 4.42 Å². The minimum atomic E-state index is 0.940. The van der Waals surface area contributed by atoms with Crippen LogP contribution < -0.4 is 0 Å². The number of hydrogen-bond acceptors (Lipinski definition) is 1. The van der Waals surface area contributed by atoms with E-state index in [4.69, 9.17) is 4.42 Å². The van der Waals surface area contributed by atoms with Crippen LogP contribution in [0.4, 0.5) is 0 Å². The van der Waals surface area contributed by atoms with Gasteiger partial charge in [-0.1, -0.05) is 19.6 Å². The van der Waals surface area contributed by atoms with Gasteiger partial charge in [0.25, 0.3) is 0 Å². The molecular weight excluding hydrogens is 124 g/mol. The van der Waals surface area contributed by atoms with E-state index in [0.29, 0.717) is 0 Å². The molecular formula is C9H12O. The van der Waals surface area contributed by atoms with Crippen LogP contribution in [0.2, 0.25) is 0 Å². The molecule has 0 amide bonds. The molecule has 54 valence electrons. The monoisotopic (exact) mass is 136 g/mol. The van der Waals surface area contributed by atoms with Crippen molar-refractivity contribution in [2.45, 2.75) is 20.3 Å². The molecule has 0 aromatic carbocycles. The standard InChI is InChI=1S/C9H12O/c1-4-8-6-7(3)10-9(8)5-2/h4,6H,1,5H2,2-3H3. The molecule has 1 aromatic rings. The molecule has 0 bridgehead atoms. The van der Waals surface area contributed by atoms with Crippen LogP contribution in [0.3, 0.4) is 0 Å². The molecule has 0 saturated carbocycles. The summed E-state index contributed by atoms with van der Waals surface area (Å²) in [5.74, 6) is 2.00. The summed E-state index contributed by atoms with van der Waals surface area (Å²) in [5, 5.41) is 0. The molecule has 0 unspecified atom stereocenters. The lowest BCUT2D eigenvalue weighted by Gasteiger charge is -1.89. The smallest absolute Gasteiger partial charge is 0.111 e. The molecule has 1 nitrogen and oxygen atoms in total. The van der Waals surface area contributed by atoms with Gasteiger partial charge >= 0.3 is 0 Å². The highest BCUT2D eigenvalue weighted by molar-refractivity contribution is 5.49. The van der Waals surface area contributed by atoms with Crippen molar-refractivity contribution in [1.82, 2.24) is 0 Å². The van der Waals surface area contributed by atoms with Crippen LogP contribution >= 0.6 is 0 Å². The second-order valence-electron chi connectivity index (χ2n) is 2.29. The minimum absolute atomic E-state index is 0.940. The summed E-state index contributed by atoms with van der Waals surface area (Å²) in [7, 11) is 0. The molecule has 1 heterocycles. The van der Waals surface area contributed by atoms with Crippen molar-refractivity contribution in [2.24, 2.45) is 0 Å². The number of hydrogen-bond donors (Lipinski definition) is 0. The number of aryl methyl sites for hydroxylation is 2. The lowest BCUT2D eigenvalue weighted by atomic mass is 10.2. The average Bonchev–Trinajstić information content (AvgIpc) is 2.30. The molecule has 0 aliphatic rings. The van der Waals surface area contributed by atoms with Gasteiger partial charge in [0.15, 0.2) is 0 Å². The van der Waals surface area contributed by atoms with Crippen LogP contribution in [0, 0.1) is 6.92 Å². The van der Waals surface area contributed by atoms with E-state index in [1.165, 1.54) is 0 Å². The Bertz CT molecular complexity index is 233. The Kier molecular flexibility index (Phi) is 1.95. The molecule has 0 spiro atoms. The van der Waals surface area contributed by atoms with Gasteiger partial charge in [0, 0.05) is 12.0 Å². The van der Waals surface area contributed by atoms with Gasteiger partial charge in [-0.2, -0.15) is 0 Å². The van der Waals surface area contributed by atoms with E-state index in [9.17, 15) is 0 Å². The maximum Gasteiger partial charge on any atom is 0.111 e. The lowest BCUT2D eigenvalue weighted by molar-refractivity contribution is 0.488. The van der Waals surface area contributed by atoms with Gasteiger partial charge in [0.05, 0.1) is 0 Å². The number of furan rings is 1. The highest BCUT2D eigenvalue weighted by Crippen LogP contribution is 2.15. The first-order valence-electron chi connectivity index (χ1n) is 3.49. The Balaban J connectivity index is 3.08. The second-order valence-corrected chi connectivity index (χ2v) is 2.29.